The van der Waals surface area contributed by atoms with Crippen LogP contribution in [0.2, 0.25) is 0 Å². The van der Waals surface area contributed by atoms with Gasteiger partial charge in [0.2, 0.25) is 11.8 Å². The van der Waals surface area contributed by atoms with E-state index in [1.165, 1.54) is 26.2 Å². The lowest BCUT2D eigenvalue weighted by Crippen LogP contribution is -2.67. The summed E-state index contributed by atoms with van der Waals surface area (Å²) in [6, 6.07) is 10.4. The Morgan fingerprint density at radius 2 is 1.61 bits per heavy atom. The number of nitro groups is 1. The number of benzene rings is 1. The SMILES string of the molecule is CN1C(=O)N(C)C(=O)C(Cc2ccc([N+](=O)[O-])cc2)(CN2CC3CC(C2)c2cccc(=O)n2C3)C1=O. The molecule has 4 amide bonds. The van der Waals surface area contributed by atoms with Gasteiger partial charge in [-0.2, -0.15) is 0 Å². The fraction of sp³-hybridized carbons (Fsp3) is 0.440. The van der Waals surface area contributed by atoms with Gasteiger partial charge in [-0.15, -0.1) is 0 Å². The van der Waals surface area contributed by atoms with Crippen molar-refractivity contribution in [3.8, 4) is 0 Å². The van der Waals surface area contributed by atoms with Crippen LogP contribution in [0, 0.1) is 21.4 Å². The van der Waals surface area contributed by atoms with Crippen molar-refractivity contribution in [2.75, 3.05) is 33.7 Å². The molecular weight excluding hydrogens is 466 g/mol. The van der Waals surface area contributed by atoms with Crippen LogP contribution in [0.4, 0.5) is 10.5 Å². The smallest absolute Gasteiger partial charge is 0.312 e. The Morgan fingerprint density at radius 3 is 2.25 bits per heavy atom. The number of hydrogen-bond donors (Lipinski definition) is 0. The first kappa shape index (κ1) is 23.9. The van der Waals surface area contributed by atoms with Gasteiger partial charge >= 0.3 is 6.03 Å². The first-order valence-corrected chi connectivity index (χ1v) is 11.9. The van der Waals surface area contributed by atoms with Crippen molar-refractivity contribution in [3.63, 3.8) is 0 Å². The summed E-state index contributed by atoms with van der Waals surface area (Å²) >= 11 is 0. The zero-order valence-corrected chi connectivity index (χ0v) is 20.1. The molecule has 3 aliphatic rings. The molecule has 0 spiro atoms. The topological polar surface area (TPSA) is 126 Å². The van der Waals surface area contributed by atoms with E-state index in [4.69, 9.17) is 0 Å². The van der Waals surface area contributed by atoms with E-state index in [0.29, 0.717) is 25.2 Å². The van der Waals surface area contributed by atoms with Gasteiger partial charge in [0.15, 0.2) is 0 Å². The summed E-state index contributed by atoms with van der Waals surface area (Å²) in [5.41, 5.74) is -0.123. The molecule has 2 aromatic rings. The maximum atomic E-state index is 13.6. The zero-order chi connectivity index (χ0) is 25.8. The number of carbonyl (C=O) groups excluding carboxylic acids is 3. The van der Waals surface area contributed by atoms with Gasteiger partial charge in [0, 0.05) is 70.1 Å². The highest BCUT2D eigenvalue weighted by atomic mass is 16.6. The number of hydrogen-bond acceptors (Lipinski definition) is 7. The first-order chi connectivity index (χ1) is 17.1. The van der Waals surface area contributed by atoms with Gasteiger partial charge in [-0.25, -0.2) is 4.79 Å². The summed E-state index contributed by atoms with van der Waals surface area (Å²) in [5.74, 6) is -0.880. The largest absolute Gasteiger partial charge is 0.332 e. The number of barbiturate groups is 1. The Bertz CT molecular complexity index is 1290. The molecule has 36 heavy (non-hydrogen) atoms. The van der Waals surface area contributed by atoms with Crippen LogP contribution < -0.4 is 5.56 Å². The Balaban J connectivity index is 1.49. The van der Waals surface area contributed by atoms with Crippen LogP contribution in [0.3, 0.4) is 0 Å². The van der Waals surface area contributed by atoms with E-state index in [1.54, 1.807) is 24.3 Å². The highest BCUT2D eigenvalue weighted by molar-refractivity contribution is 6.19. The second kappa shape index (κ2) is 8.66. The molecule has 2 unspecified atom stereocenters. The number of likely N-dealkylation sites (tertiary alicyclic amines) is 1. The lowest BCUT2D eigenvalue weighted by atomic mass is 9.75. The van der Waals surface area contributed by atoms with Gasteiger partial charge in [-0.3, -0.25) is 34.3 Å². The Labute approximate surface area is 207 Å². The van der Waals surface area contributed by atoms with Crippen molar-refractivity contribution in [1.29, 1.82) is 0 Å². The monoisotopic (exact) mass is 493 g/mol. The molecule has 0 N–H and O–H groups in total. The third-order valence-electron chi connectivity index (χ3n) is 7.70. The zero-order valence-electron chi connectivity index (χ0n) is 20.1. The van der Waals surface area contributed by atoms with Crippen molar-refractivity contribution in [1.82, 2.24) is 19.3 Å². The lowest BCUT2D eigenvalue weighted by Gasteiger charge is -2.48. The van der Waals surface area contributed by atoms with Crippen molar-refractivity contribution >= 4 is 23.5 Å². The number of carbonyl (C=O) groups is 3. The molecule has 11 nitrogen and oxygen atoms in total. The summed E-state index contributed by atoms with van der Waals surface area (Å²) in [7, 11) is 2.73. The van der Waals surface area contributed by atoms with Crippen LogP contribution >= 0.6 is 0 Å². The molecule has 2 saturated heterocycles. The molecule has 1 aromatic carbocycles. The number of rotatable bonds is 5. The van der Waals surface area contributed by atoms with Crippen LogP contribution in [0.1, 0.15) is 23.6 Å². The van der Waals surface area contributed by atoms with Crippen molar-refractivity contribution < 1.29 is 19.3 Å². The summed E-state index contributed by atoms with van der Waals surface area (Å²) in [6.45, 7) is 1.87. The maximum absolute atomic E-state index is 13.6. The fourth-order valence-corrected chi connectivity index (χ4v) is 6.07. The number of imide groups is 2. The van der Waals surface area contributed by atoms with E-state index >= 15 is 0 Å². The van der Waals surface area contributed by atoms with Crippen molar-refractivity contribution in [2.45, 2.75) is 25.3 Å². The molecular formula is C25H27N5O6. The van der Waals surface area contributed by atoms with E-state index < -0.39 is 28.2 Å². The third kappa shape index (κ3) is 3.79. The molecule has 4 heterocycles. The number of amides is 4. The van der Waals surface area contributed by atoms with Gasteiger partial charge < -0.3 is 9.47 Å². The van der Waals surface area contributed by atoms with E-state index in [2.05, 4.69) is 4.90 Å². The van der Waals surface area contributed by atoms with Crippen LogP contribution in [-0.4, -0.2) is 75.8 Å². The second-order valence-corrected chi connectivity index (χ2v) is 10.1. The number of piperidine rings is 1. The highest BCUT2D eigenvalue weighted by Gasteiger charge is 2.56. The van der Waals surface area contributed by atoms with Gasteiger partial charge in [0.05, 0.1) is 4.92 Å². The summed E-state index contributed by atoms with van der Waals surface area (Å²) in [4.78, 5) is 66.8. The number of aromatic nitrogens is 1. The standard InChI is InChI=1S/C25H27N5O6/c1-26-22(32)25(23(33)27(2)24(26)34,11-16-6-8-19(9-7-16)30(35)36)15-28-12-17-10-18(14-28)20-4-3-5-21(31)29(20)13-17/h3-9,17-18H,10-15H2,1-2H3. The van der Waals surface area contributed by atoms with E-state index in [9.17, 15) is 29.3 Å². The molecule has 0 aliphatic carbocycles. The van der Waals surface area contributed by atoms with Crippen LogP contribution in [0.25, 0.3) is 0 Å². The number of pyridine rings is 1. The predicted molar refractivity (Wildman–Crippen MR) is 128 cm³/mol. The van der Waals surface area contributed by atoms with Gasteiger partial charge in [-0.1, -0.05) is 18.2 Å². The average Bonchev–Trinajstić information content (AvgIpc) is 2.86. The Hall–Kier alpha value is -3.86. The average molecular weight is 494 g/mol. The molecule has 5 rings (SSSR count). The molecule has 0 saturated carbocycles. The molecule has 3 aliphatic heterocycles. The molecule has 2 fully saturated rings. The summed E-state index contributed by atoms with van der Waals surface area (Å²) < 4.78 is 1.82. The highest BCUT2D eigenvalue weighted by Crippen LogP contribution is 2.39. The Morgan fingerprint density at radius 1 is 0.944 bits per heavy atom. The van der Waals surface area contributed by atoms with Crippen molar-refractivity contribution in [2.24, 2.45) is 11.3 Å². The Kier molecular flexibility index (Phi) is 5.74. The van der Waals surface area contributed by atoms with Gasteiger partial charge in [-0.05, 0) is 30.4 Å². The number of nitrogens with zero attached hydrogens (tertiary/aromatic N) is 5. The van der Waals surface area contributed by atoms with Crippen LogP contribution in [0.5, 0.6) is 0 Å². The number of non-ortho nitro benzene ring substituents is 1. The molecule has 0 radical (unpaired) electrons. The number of nitro benzene ring substituents is 1. The minimum absolute atomic E-state index is 0.00645. The first-order valence-electron chi connectivity index (χ1n) is 11.9. The minimum Gasteiger partial charge on any atom is -0.312 e. The van der Waals surface area contributed by atoms with E-state index in [0.717, 1.165) is 21.9 Å². The molecule has 188 valence electrons. The van der Waals surface area contributed by atoms with E-state index in [-0.39, 0.29) is 36.0 Å². The van der Waals surface area contributed by atoms with Gasteiger partial charge in [0.1, 0.15) is 5.41 Å². The van der Waals surface area contributed by atoms with Gasteiger partial charge in [0.25, 0.3) is 11.2 Å². The molecule has 2 atom stereocenters. The van der Waals surface area contributed by atoms with Crippen LogP contribution in [0.15, 0.2) is 47.3 Å². The maximum Gasteiger partial charge on any atom is 0.332 e. The quantitative estimate of drug-likeness (QED) is 0.351. The number of urea groups is 1. The van der Waals surface area contributed by atoms with E-state index in [1.807, 2.05) is 10.6 Å². The third-order valence-corrected chi connectivity index (χ3v) is 7.70. The molecule has 11 heteroatoms. The predicted octanol–water partition coefficient (Wildman–Crippen LogP) is 1.46. The second-order valence-electron chi connectivity index (χ2n) is 10.1. The molecule has 2 bridgehead atoms. The van der Waals surface area contributed by atoms with Crippen LogP contribution in [-0.2, 0) is 22.6 Å². The summed E-state index contributed by atoms with van der Waals surface area (Å²) in [5, 5.41) is 11.1. The number of fused-ring (bicyclic) bond motifs is 4. The minimum atomic E-state index is -1.56. The van der Waals surface area contributed by atoms with Crippen molar-refractivity contribution in [3.05, 3.63) is 74.2 Å². The summed E-state index contributed by atoms with van der Waals surface area (Å²) in [6.07, 6.45) is 0.933. The lowest BCUT2D eigenvalue weighted by molar-refractivity contribution is -0.384. The normalized spacial score (nSPS) is 23.6. The fourth-order valence-electron chi connectivity index (χ4n) is 6.07. The molecule has 1 aromatic heterocycles.